The van der Waals surface area contributed by atoms with Crippen LogP contribution in [-0.2, 0) is 56.4 Å². The molecule has 5 rings (SSSR count). The Hall–Kier alpha value is -5.30. The predicted molar refractivity (Wildman–Crippen MR) is 199 cm³/mol. The summed E-state index contributed by atoms with van der Waals surface area (Å²) in [4.78, 5) is 68.0. The minimum atomic E-state index is -0.479. The second-order valence-corrected chi connectivity index (χ2v) is 13.9. The predicted octanol–water partition coefficient (Wildman–Crippen LogP) is 5.62. The van der Waals surface area contributed by atoms with E-state index in [2.05, 4.69) is 23.8 Å². The zero-order valence-electron chi connectivity index (χ0n) is 31.7. The molecular formula is C40H48N4O9. The highest BCUT2D eigenvalue weighted by atomic mass is 16.5. The first kappa shape index (κ1) is 38.9. The molecule has 0 radical (unpaired) electrons. The minimum Gasteiger partial charge on any atom is -0.469 e. The van der Waals surface area contributed by atoms with E-state index in [1.807, 2.05) is 38.1 Å². The Balaban J connectivity index is 1.99. The van der Waals surface area contributed by atoms with Gasteiger partial charge in [-0.3, -0.25) is 24.2 Å². The fourth-order valence-electron chi connectivity index (χ4n) is 7.22. The number of rotatable bonds is 12. The van der Waals surface area contributed by atoms with Crippen LogP contribution in [0.15, 0.2) is 24.3 Å². The zero-order chi connectivity index (χ0) is 38.6. The van der Waals surface area contributed by atoms with Crippen molar-refractivity contribution < 1.29 is 43.2 Å². The maximum absolute atomic E-state index is 12.9. The summed E-state index contributed by atoms with van der Waals surface area (Å²) in [6.07, 6.45) is 0.742. The van der Waals surface area contributed by atoms with Crippen molar-refractivity contribution >= 4 is 57.1 Å². The number of nitrogens with one attached hydrogen (secondary N) is 2. The quantitative estimate of drug-likeness (QED) is 0.155. The summed E-state index contributed by atoms with van der Waals surface area (Å²) >= 11 is 0. The molecule has 0 aliphatic carbocycles. The van der Waals surface area contributed by atoms with E-state index in [1.165, 1.54) is 28.4 Å². The molecule has 3 aromatic rings. The number of allylic oxidation sites excluding steroid dienone is 1. The van der Waals surface area contributed by atoms with E-state index in [4.69, 9.17) is 28.9 Å². The summed E-state index contributed by atoms with van der Waals surface area (Å²) < 4.78 is 20.1. The number of nitrogens with zero attached hydrogens (tertiary/aromatic N) is 2. The average molecular weight is 729 g/mol. The van der Waals surface area contributed by atoms with Gasteiger partial charge in [-0.15, -0.1) is 0 Å². The first-order valence-electron chi connectivity index (χ1n) is 17.6. The van der Waals surface area contributed by atoms with Crippen LogP contribution in [0.3, 0.4) is 0 Å². The number of fused-ring (bicyclic) bond motifs is 8. The molecule has 2 aliphatic rings. The van der Waals surface area contributed by atoms with E-state index in [1.54, 1.807) is 0 Å². The molecule has 0 spiro atoms. The van der Waals surface area contributed by atoms with Crippen LogP contribution in [-0.4, -0.2) is 84.0 Å². The molecule has 8 bridgehead atoms. The SMILES string of the molecule is COC(=O)CCC1=C(CC(=O)OC)c2cc3[nH]c(cc4nc(cc5[nH]c(cc1n2)c(CCC(=O)OC)c5CC(=O)OC)C(CCO)C4(C)C)c(C)c3C. The number of aromatic amines is 2. The summed E-state index contributed by atoms with van der Waals surface area (Å²) in [5.74, 6) is -1.97. The Bertz CT molecular complexity index is 2140. The maximum atomic E-state index is 12.9. The summed E-state index contributed by atoms with van der Waals surface area (Å²) in [6, 6.07) is 7.65. The smallest absolute Gasteiger partial charge is 0.310 e. The van der Waals surface area contributed by atoms with Crippen molar-refractivity contribution in [2.45, 2.75) is 84.0 Å². The topological polar surface area (TPSA) is 183 Å². The van der Waals surface area contributed by atoms with Gasteiger partial charge in [0.15, 0.2) is 0 Å². The van der Waals surface area contributed by atoms with Crippen LogP contribution in [0, 0.1) is 13.8 Å². The van der Waals surface area contributed by atoms with Crippen molar-refractivity contribution in [3.8, 4) is 0 Å². The first-order valence-corrected chi connectivity index (χ1v) is 17.6. The third-order valence-corrected chi connectivity index (χ3v) is 10.5. The Morgan fingerprint density at radius 2 is 1.21 bits per heavy atom. The van der Waals surface area contributed by atoms with Gasteiger partial charge >= 0.3 is 23.9 Å². The molecule has 0 saturated heterocycles. The number of aryl methyl sites for hydroxylation is 3. The molecule has 5 heterocycles. The molecule has 0 fully saturated rings. The Morgan fingerprint density at radius 3 is 1.83 bits per heavy atom. The first-order chi connectivity index (χ1) is 25.2. The van der Waals surface area contributed by atoms with Gasteiger partial charge in [0.2, 0.25) is 0 Å². The van der Waals surface area contributed by atoms with Gasteiger partial charge in [-0.25, -0.2) is 4.98 Å². The molecule has 2 aliphatic heterocycles. The Morgan fingerprint density at radius 1 is 0.679 bits per heavy atom. The fourth-order valence-corrected chi connectivity index (χ4v) is 7.22. The number of carbonyl (C=O) groups excluding carboxylic acids is 4. The highest BCUT2D eigenvalue weighted by Crippen LogP contribution is 2.45. The summed E-state index contributed by atoms with van der Waals surface area (Å²) in [5.41, 5.74) is 9.41. The average Bonchev–Trinajstić information content (AvgIpc) is 3.78. The molecule has 0 aromatic carbocycles. The van der Waals surface area contributed by atoms with Crippen LogP contribution in [0.2, 0.25) is 0 Å². The Labute approximate surface area is 308 Å². The van der Waals surface area contributed by atoms with Crippen LogP contribution in [0.25, 0.3) is 33.2 Å². The van der Waals surface area contributed by atoms with Crippen molar-refractivity contribution in [3.63, 3.8) is 0 Å². The third-order valence-electron chi connectivity index (χ3n) is 10.5. The number of H-pyrrole nitrogens is 2. The summed E-state index contributed by atoms with van der Waals surface area (Å²) in [7, 11) is 5.27. The number of aromatic nitrogens is 4. The minimum absolute atomic E-state index is 0.0284. The molecule has 1 unspecified atom stereocenters. The third kappa shape index (κ3) is 8.04. The van der Waals surface area contributed by atoms with Crippen molar-refractivity contribution in [1.29, 1.82) is 0 Å². The molecule has 0 amide bonds. The number of hydrogen-bond donors (Lipinski definition) is 3. The van der Waals surface area contributed by atoms with Crippen LogP contribution >= 0.6 is 0 Å². The maximum Gasteiger partial charge on any atom is 0.310 e. The van der Waals surface area contributed by atoms with Gasteiger partial charge in [-0.2, -0.15) is 0 Å². The standard InChI is InChI=1S/C40H48N4O9/c1-21-22(2)29-20-35-40(3,4)27(13-14-45)34(44-35)19-33-26(16-39(49)53-8)24(10-12-37(47)51-6)31(43-33)18-30-23(9-11-36(46)50-5)25(15-38(48)52-7)32(42-30)17-28(21)41-29/h17-20,27,41,43,45H,9-16H2,1-8H3. The zero-order valence-corrected chi connectivity index (χ0v) is 31.7. The van der Waals surface area contributed by atoms with Gasteiger partial charge < -0.3 is 34.0 Å². The van der Waals surface area contributed by atoms with Gasteiger partial charge in [0.25, 0.3) is 0 Å². The highest BCUT2D eigenvalue weighted by Gasteiger charge is 2.39. The van der Waals surface area contributed by atoms with E-state index in [0.717, 1.165) is 33.5 Å². The Kier molecular flexibility index (Phi) is 11.9. The molecule has 1 atom stereocenters. The van der Waals surface area contributed by atoms with Crippen molar-refractivity contribution in [2.24, 2.45) is 0 Å². The molecule has 13 heteroatoms. The highest BCUT2D eigenvalue weighted by molar-refractivity contribution is 6.00. The van der Waals surface area contributed by atoms with Crippen molar-refractivity contribution in [3.05, 3.63) is 69.3 Å². The van der Waals surface area contributed by atoms with E-state index in [9.17, 15) is 24.3 Å². The van der Waals surface area contributed by atoms with Gasteiger partial charge in [-0.05, 0) is 90.8 Å². The molecular weight excluding hydrogens is 680 g/mol. The van der Waals surface area contributed by atoms with E-state index >= 15 is 0 Å². The summed E-state index contributed by atoms with van der Waals surface area (Å²) in [6.45, 7) is 8.19. The van der Waals surface area contributed by atoms with Gasteiger partial charge in [-0.1, -0.05) is 13.8 Å². The lowest BCUT2D eigenvalue weighted by molar-refractivity contribution is -0.141. The monoisotopic (exact) mass is 728 g/mol. The molecule has 3 aromatic heterocycles. The van der Waals surface area contributed by atoms with E-state index in [-0.39, 0.29) is 51.0 Å². The number of aliphatic hydroxyl groups excluding tert-OH is 1. The van der Waals surface area contributed by atoms with Crippen LogP contribution in [0.4, 0.5) is 0 Å². The van der Waals surface area contributed by atoms with Crippen LogP contribution < -0.4 is 0 Å². The molecule has 3 N–H and O–H groups in total. The molecule has 53 heavy (non-hydrogen) atoms. The van der Waals surface area contributed by atoms with Crippen molar-refractivity contribution in [2.75, 3.05) is 35.0 Å². The number of aliphatic hydroxyl groups is 1. The number of ether oxygens (including phenoxy) is 4. The molecule has 0 saturated carbocycles. The largest absolute Gasteiger partial charge is 0.469 e. The lowest BCUT2D eigenvalue weighted by Gasteiger charge is -2.26. The fraction of sp³-hybridized carbons (Fsp3) is 0.450. The second-order valence-electron chi connectivity index (χ2n) is 13.9. The van der Waals surface area contributed by atoms with E-state index < -0.39 is 29.3 Å². The summed E-state index contributed by atoms with van der Waals surface area (Å²) in [5, 5.41) is 10.2. The van der Waals surface area contributed by atoms with Crippen molar-refractivity contribution in [1.82, 2.24) is 19.9 Å². The van der Waals surface area contributed by atoms with Gasteiger partial charge in [0, 0.05) is 64.2 Å². The number of esters is 4. The normalized spacial score (nSPS) is 14.9. The second kappa shape index (κ2) is 16.2. The molecule has 13 nitrogen and oxygen atoms in total. The van der Waals surface area contributed by atoms with Crippen LogP contribution in [0.1, 0.15) is 96.9 Å². The molecule has 282 valence electrons. The van der Waals surface area contributed by atoms with Crippen LogP contribution in [0.5, 0.6) is 0 Å². The van der Waals surface area contributed by atoms with Gasteiger partial charge in [0.1, 0.15) is 0 Å². The number of hydrogen-bond acceptors (Lipinski definition) is 11. The number of methoxy groups -OCH3 is 4. The van der Waals surface area contributed by atoms with E-state index in [0.29, 0.717) is 51.1 Å². The lowest BCUT2D eigenvalue weighted by Crippen LogP contribution is -2.23. The number of carbonyl (C=O) groups is 4. The van der Waals surface area contributed by atoms with Gasteiger partial charge in [0.05, 0.1) is 52.7 Å². The lowest BCUT2D eigenvalue weighted by atomic mass is 9.75.